The van der Waals surface area contributed by atoms with Crippen LogP contribution in [0.3, 0.4) is 0 Å². The molecule has 1 aliphatic carbocycles. The van der Waals surface area contributed by atoms with Crippen molar-refractivity contribution in [3.63, 3.8) is 0 Å². The molecule has 2 aromatic carbocycles. The monoisotopic (exact) mass is 534 g/mol. The number of benzene rings is 2. The highest BCUT2D eigenvalue weighted by Gasteiger charge is 2.09. The number of methoxy groups -OCH3 is 2. The summed E-state index contributed by atoms with van der Waals surface area (Å²) in [6, 6.07) is 14.6. The van der Waals surface area contributed by atoms with Gasteiger partial charge in [0.2, 0.25) is 0 Å². The van der Waals surface area contributed by atoms with Gasteiger partial charge in [-0.05, 0) is 79.3 Å². The number of imidazole rings is 1. The number of carbonyl (C=O) groups excluding carboxylic acids is 1. The molecule has 1 aliphatic heterocycles. The molecule has 3 aromatic rings. The Bertz CT molecular complexity index is 1660. The average Bonchev–Trinajstić information content (AvgIpc) is 3.30. The zero-order valence-corrected chi connectivity index (χ0v) is 22.3. The Labute approximate surface area is 232 Å². The number of fused-ring (bicyclic) bond motifs is 1. The van der Waals surface area contributed by atoms with Crippen LogP contribution in [0.5, 0.6) is 0 Å². The Kier molecular flexibility index (Phi) is 7.92. The third-order valence-corrected chi connectivity index (χ3v) is 6.25. The summed E-state index contributed by atoms with van der Waals surface area (Å²) < 4.78 is 10.7. The first-order chi connectivity index (χ1) is 19.5. The number of urea groups is 1. The molecule has 9 heteroatoms. The number of ether oxygens (including phenoxy) is 2. The van der Waals surface area contributed by atoms with E-state index in [4.69, 9.17) is 14.5 Å². The highest BCUT2D eigenvalue weighted by molar-refractivity contribution is 6.02. The van der Waals surface area contributed by atoms with Gasteiger partial charge >= 0.3 is 6.03 Å². The van der Waals surface area contributed by atoms with Crippen LogP contribution >= 0.6 is 0 Å². The first-order valence-corrected chi connectivity index (χ1v) is 12.7. The van der Waals surface area contributed by atoms with Gasteiger partial charge in [-0.1, -0.05) is 12.7 Å². The van der Waals surface area contributed by atoms with Crippen LogP contribution in [0.15, 0.2) is 102 Å². The van der Waals surface area contributed by atoms with Gasteiger partial charge in [-0.2, -0.15) is 0 Å². The van der Waals surface area contributed by atoms with E-state index in [0.29, 0.717) is 29.5 Å². The number of hydrogen-bond donors (Lipinski definition) is 4. The van der Waals surface area contributed by atoms with E-state index in [1.54, 1.807) is 14.2 Å². The van der Waals surface area contributed by atoms with E-state index in [2.05, 4.69) is 38.6 Å². The summed E-state index contributed by atoms with van der Waals surface area (Å²) in [7, 11) is 3.27. The second-order valence-corrected chi connectivity index (χ2v) is 9.00. The van der Waals surface area contributed by atoms with Gasteiger partial charge in [0.1, 0.15) is 23.2 Å². The Morgan fingerprint density at radius 2 is 1.55 bits per heavy atom. The molecule has 9 nitrogen and oxygen atoms in total. The summed E-state index contributed by atoms with van der Waals surface area (Å²) in [5.74, 6) is 2.95. The van der Waals surface area contributed by atoms with E-state index in [0.717, 1.165) is 45.6 Å². The second-order valence-electron chi connectivity index (χ2n) is 9.00. The number of aromatic amines is 1. The van der Waals surface area contributed by atoms with Gasteiger partial charge in [-0.25, -0.2) is 9.78 Å². The molecule has 2 amide bonds. The van der Waals surface area contributed by atoms with Crippen LogP contribution in [0, 0.1) is 0 Å². The van der Waals surface area contributed by atoms with Gasteiger partial charge in [-0.3, -0.25) is 4.99 Å². The number of amidine groups is 1. The number of anilines is 2. The SMILES string of the molecule is C=C1/C=C\C(OC)=C/CN=C(c2ccc(NC(=O)Nc3ccc(-c4nc5c([nH]4)=CC(OC)=CCC=5)cc3)cc2)N1. The lowest BCUT2D eigenvalue weighted by atomic mass is 10.1. The number of amides is 2. The molecular weight excluding hydrogens is 504 g/mol. The molecule has 0 fully saturated rings. The average molecular weight is 535 g/mol. The first-order valence-electron chi connectivity index (χ1n) is 12.7. The zero-order valence-electron chi connectivity index (χ0n) is 22.3. The van der Waals surface area contributed by atoms with E-state index < -0.39 is 0 Å². The maximum absolute atomic E-state index is 12.6. The third-order valence-electron chi connectivity index (χ3n) is 6.25. The molecule has 0 saturated carbocycles. The standard InChI is InChI=1S/C31H30N6O3/c1-20-7-16-25(39-2)17-18-32-29(33-20)21-8-12-23(13-9-21)34-31(38)35-24-14-10-22(11-15-24)30-36-27-6-4-5-26(40-3)19-28(27)37-30/h5-17,19H,1,4,18H2,2-3H3,(H,32,33)(H,36,37)(H2,34,35,38)/b16-7-,25-17+. The number of carbonyl (C=O) groups is 1. The Morgan fingerprint density at radius 3 is 2.23 bits per heavy atom. The molecule has 4 N–H and O–H groups in total. The van der Waals surface area contributed by atoms with Gasteiger partial charge in [0, 0.05) is 34.3 Å². The fourth-order valence-corrected chi connectivity index (χ4v) is 4.17. The van der Waals surface area contributed by atoms with Crippen molar-refractivity contribution < 1.29 is 14.3 Å². The summed E-state index contributed by atoms with van der Waals surface area (Å²) >= 11 is 0. The number of hydrogen-bond acceptors (Lipinski definition) is 6. The van der Waals surface area contributed by atoms with E-state index in [-0.39, 0.29) is 6.03 Å². The fraction of sp³-hybridized carbons (Fsp3) is 0.129. The number of H-pyrrole nitrogens is 1. The predicted octanol–water partition coefficient (Wildman–Crippen LogP) is 4.17. The number of aliphatic imine (C=N–C) groups is 1. The Balaban J connectivity index is 1.21. The van der Waals surface area contributed by atoms with E-state index in [1.165, 1.54) is 0 Å². The predicted molar refractivity (Wildman–Crippen MR) is 159 cm³/mol. The molecule has 2 heterocycles. The molecule has 0 atom stereocenters. The summed E-state index contributed by atoms with van der Waals surface area (Å²) in [6.45, 7) is 4.46. The van der Waals surface area contributed by atoms with Crippen LogP contribution in [0.2, 0.25) is 0 Å². The van der Waals surface area contributed by atoms with E-state index >= 15 is 0 Å². The quantitative estimate of drug-likeness (QED) is 0.379. The van der Waals surface area contributed by atoms with Crippen molar-refractivity contribution in [1.29, 1.82) is 0 Å². The molecule has 202 valence electrons. The molecule has 0 saturated heterocycles. The van der Waals surface area contributed by atoms with Crippen LogP contribution in [0.25, 0.3) is 23.5 Å². The second kappa shape index (κ2) is 12.0. The summed E-state index contributed by atoms with van der Waals surface area (Å²) in [5.41, 5.74) is 3.77. The summed E-state index contributed by atoms with van der Waals surface area (Å²) in [5, 5.41) is 10.7. The topological polar surface area (TPSA) is 113 Å². The number of allylic oxidation sites excluding steroid dienone is 4. The zero-order chi connectivity index (χ0) is 27.9. The van der Waals surface area contributed by atoms with Crippen LogP contribution < -0.4 is 26.6 Å². The smallest absolute Gasteiger partial charge is 0.323 e. The lowest BCUT2D eigenvalue weighted by Gasteiger charge is -2.11. The highest BCUT2D eigenvalue weighted by atomic mass is 16.5. The number of nitrogens with zero attached hydrogens (tertiary/aromatic N) is 2. The van der Waals surface area contributed by atoms with Gasteiger partial charge < -0.3 is 30.4 Å². The van der Waals surface area contributed by atoms with Gasteiger partial charge in [0.15, 0.2) is 0 Å². The third kappa shape index (κ3) is 6.39. The van der Waals surface area contributed by atoms with Crippen molar-refractivity contribution in [3.05, 3.63) is 113 Å². The molecule has 0 radical (unpaired) electrons. The normalized spacial score (nSPS) is 16.8. The minimum Gasteiger partial charge on any atom is -0.497 e. The van der Waals surface area contributed by atoms with E-state index in [1.807, 2.05) is 78.9 Å². The van der Waals surface area contributed by atoms with Crippen LogP contribution in [-0.4, -0.2) is 42.6 Å². The fourth-order valence-electron chi connectivity index (χ4n) is 4.17. The largest absolute Gasteiger partial charge is 0.497 e. The van der Waals surface area contributed by atoms with Gasteiger partial charge in [-0.15, -0.1) is 0 Å². The van der Waals surface area contributed by atoms with Gasteiger partial charge in [0.05, 0.1) is 31.5 Å². The molecule has 40 heavy (non-hydrogen) atoms. The summed E-state index contributed by atoms with van der Waals surface area (Å²) in [6.07, 6.45) is 12.3. The number of rotatable bonds is 6. The Morgan fingerprint density at radius 1 is 0.875 bits per heavy atom. The van der Waals surface area contributed by atoms with Gasteiger partial charge in [0.25, 0.3) is 0 Å². The minimum absolute atomic E-state index is 0.345. The molecular formula is C31H30N6O3. The van der Waals surface area contributed by atoms with Crippen molar-refractivity contribution in [2.24, 2.45) is 4.99 Å². The van der Waals surface area contributed by atoms with E-state index in [9.17, 15) is 4.79 Å². The number of nitrogens with one attached hydrogen (secondary N) is 4. The van der Waals surface area contributed by atoms with Crippen molar-refractivity contribution in [2.45, 2.75) is 6.42 Å². The lowest BCUT2D eigenvalue weighted by molar-refractivity contribution is 0.262. The molecule has 0 spiro atoms. The lowest BCUT2D eigenvalue weighted by Crippen LogP contribution is -2.23. The maximum Gasteiger partial charge on any atom is 0.323 e. The highest BCUT2D eigenvalue weighted by Crippen LogP contribution is 2.18. The molecule has 1 aromatic heterocycles. The van der Waals surface area contributed by atoms with Crippen LogP contribution in [0.4, 0.5) is 16.2 Å². The molecule has 2 aliphatic rings. The van der Waals surface area contributed by atoms with Crippen molar-refractivity contribution in [1.82, 2.24) is 15.3 Å². The first kappa shape index (κ1) is 26.3. The molecule has 5 rings (SSSR count). The molecule has 0 unspecified atom stereocenters. The minimum atomic E-state index is -0.345. The van der Waals surface area contributed by atoms with Crippen LogP contribution in [0.1, 0.15) is 12.0 Å². The maximum atomic E-state index is 12.6. The van der Waals surface area contributed by atoms with Crippen LogP contribution in [-0.2, 0) is 9.47 Å². The Hall–Kier alpha value is -5.31. The van der Waals surface area contributed by atoms with Crippen molar-refractivity contribution in [2.75, 3.05) is 31.4 Å². The number of aromatic nitrogens is 2. The van der Waals surface area contributed by atoms with Crippen molar-refractivity contribution >= 4 is 35.4 Å². The molecule has 0 bridgehead atoms. The summed E-state index contributed by atoms with van der Waals surface area (Å²) in [4.78, 5) is 25.3. The van der Waals surface area contributed by atoms with Crippen molar-refractivity contribution in [3.8, 4) is 11.4 Å².